The summed E-state index contributed by atoms with van der Waals surface area (Å²) in [5.74, 6) is 1.37. The quantitative estimate of drug-likeness (QED) is 0.417. The van der Waals surface area contributed by atoms with E-state index in [1.165, 1.54) is 0 Å². The molecule has 0 fully saturated rings. The number of nitrogens with zero attached hydrogens (tertiary/aromatic N) is 2. The van der Waals surface area contributed by atoms with Gasteiger partial charge in [-0.1, -0.05) is 12.1 Å². The van der Waals surface area contributed by atoms with Crippen LogP contribution in [0.15, 0.2) is 48.7 Å². The largest absolute Gasteiger partial charge is 0.497 e. The molecule has 0 saturated carbocycles. The van der Waals surface area contributed by atoms with Crippen molar-refractivity contribution in [1.82, 2.24) is 9.97 Å². The zero-order valence-electron chi connectivity index (χ0n) is 19.4. The molecular formula is C25H32N5O2+. The standard InChI is InChI=1S/C25H31N5O2/c1-6-32-25-20(8-7-13-27-25)21-14-22(24(29-16(2)3)23(30-21)17(4)26)28-15-18-9-11-19(31-5)12-10-18/h7-14,16,26,29H,6,15H2,1-5H3,(H,28,30)/p+1. The number of benzene rings is 1. The van der Waals surface area contributed by atoms with Crippen molar-refractivity contribution in [3.63, 3.8) is 0 Å². The molecule has 0 amide bonds. The lowest BCUT2D eigenvalue weighted by atomic mass is 10.1. The topological polar surface area (TPSA) is 96.7 Å². The summed E-state index contributed by atoms with van der Waals surface area (Å²) in [7, 11) is 1.66. The fourth-order valence-corrected chi connectivity index (χ4v) is 3.41. The van der Waals surface area contributed by atoms with E-state index in [0.29, 0.717) is 36.5 Å². The smallest absolute Gasteiger partial charge is 0.222 e. The Hall–Kier alpha value is -3.45. The Morgan fingerprint density at radius 1 is 1.19 bits per heavy atom. The van der Waals surface area contributed by atoms with Gasteiger partial charge in [0.25, 0.3) is 0 Å². The van der Waals surface area contributed by atoms with Crippen molar-refractivity contribution in [1.29, 1.82) is 5.41 Å². The Bertz CT molecular complexity index is 1060. The number of hydrogen-bond donors (Lipinski definition) is 3. The van der Waals surface area contributed by atoms with Crippen molar-refractivity contribution < 1.29 is 14.8 Å². The predicted molar refractivity (Wildman–Crippen MR) is 128 cm³/mol. The fourth-order valence-electron chi connectivity index (χ4n) is 3.41. The third kappa shape index (κ3) is 5.62. The van der Waals surface area contributed by atoms with Crippen LogP contribution < -0.4 is 20.1 Å². The van der Waals surface area contributed by atoms with E-state index in [0.717, 1.165) is 33.9 Å². The second-order valence-corrected chi connectivity index (χ2v) is 7.84. The number of ether oxygens (including phenoxy) is 2. The average molecular weight is 435 g/mol. The lowest BCUT2D eigenvalue weighted by Gasteiger charge is -2.18. The number of aromatic nitrogens is 2. The number of pyridine rings is 2. The Labute approximate surface area is 189 Å². The molecule has 0 aliphatic rings. The number of anilines is 1. The van der Waals surface area contributed by atoms with Gasteiger partial charge < -0.3 is 25.5 Å². The fraction of sp³-hybridized carbons (Fsp3) is 0.320. The molecule has 4 N–H and O–H groups in total. The van der Waals surface area contributed by atoms with Gasteiger partial charge in [0.05, 0.1) is 36.7 Å². The third-order valence-electron chi connectivity index (χ3n) is 4.88. The average Bonchev–Trinajstić information content (AvgIpc) is 2.78. The first-order chi connectivity index (χ1) is 15.4. The number of methoxy groups -OCH3 is 1. The first kappa shape index (κ1) is 23.2. The monoisotopic (exact) mass is 434 g/mol. The molecule has 1 aromatic carbocycles. The van der Waals surface area contributed by atoms with Crippen LogP contribution in [0, 0.1) is 5.41 Å². The Balaban J connectivity index is 2.06. The summed E-state index contributed by atoms with van der Waals surface area (Å²) >= 11 is 0. The van der Waals surface area contributed by atoms with Crippen LogP contribution in [-0.2, 0) is 6.54 Å². The highest BCUT2D eigenvalue weighted by Gasteiger charge is 2.21. The maximum absolute atomic E-state index is 8.38. The normalized spacial score (nSPS) is 10.8. The van der Waals surface area contributed by atoms with E-state index in [1.54, 1.807) is 20.2 Å². The molecule has 32 heavy (non-hydrogen) atoms. The molecule has 0 saturated heterocycles. The highest BCUT2D eigenvalue weighted by molar-refractivity contribution is 6.01. The van der Waals surface area contributed by atoms with Crippen molar-refractivity contribution >= 4 is 17.1 Å². The first-order valence-electron chi connectivity index (χ1n) is 10.8. The van der Waals surface area contributed by atoms with Gasteiger partial charge in [0.2, 0.25) is 5.88 Å². The Morgan fingerprint density at radius 2 is 1.94 bits per heavy atom. The van der Waals surface area contributed by atoms with Crippen molar-refractivity contribution in [3.8, 4) is 22.9 Å². The van der Waals surface area contributed by atoms with Gasteiger partial charge in [-0.3, -0.25) is 0 Å². The molecule has 7 heteroatoms. The molecule has 2 aromatic heterocycles. The molecule has 0 radical (unpaired) electrons. The number of hydrogen-bond acceptors (Lipinski definition) is 6. The molecule has 0 atom stereocenters. The first-order valence-corrected chi connectivity index (χ1v) is 10.8. The van der Waals surface area contributed by atoms with E-state index in [4.69, 9.17) is 19.9 Å². The molecule has 7 nitrogen and oxygen atoms in total. The van der Waals surface area contributed by atoms with Gasteiger partial charge in [-0.25, -0.2) is 9.97 Å². The summed E-state index contributed by atoms with van der Waals surface area (Å²) in [6, 6.07) is 14.1. The van der Waals surface area contributed by atoms with Crippen LogP contribution in [-0.4, -0.2) is 35.4 Å². The van der Waals surface area contributed by atoms with Crippen molar-refractivity contribution in [3.05, 3.63) is 59.9 Å². The molecule has 3 aromatic rings. The van der Waals surface area contributed by atoms with Gasteiger partial charge in [-0.05, 0) is 63.6 Å². The molecule has 0 aliphatic carbocycles. The Morgan fingerprint density at radius 3 is 2.56 bits per heavy atom. The summed E-state index contributed by atoms with van der Waals surface area (Å²) in [5, 5.41) is 14.1. The second kappa shape index (κ2) is 10.7. The van der Waals surface area contributed by atoms with Gasteiger partial charge in [-0.15, -0.1) is 0 Å². The minimum atomic E-state index is 0.305. The predicted octanol–water partition coefficient (Wildman–Crippen LogP) is 4.15. The molecule has 0 aliphatic heterocycles. The van der Waals surface area contributed by atoms with Crippen LogP contribution in [0.1, 0.15) is 39.0 Å². The van der Waals surface area contributed by atoms with E-state index in [1.807, 2.05) is 49.4 Å². The van der Waals surface area contributed by atoms with Crippen LogP contribution in [0.5, 0.6) is 11.6 Å². The number of quaternary nitrogens is 1. The summed E-state index contributed by atoms with van der Waals surface area (Å²) < 4.78 is 11.0. The number of rotatable bonds is 10. The second-order valence-electron chi connectivity index (χ2n) is 7.84. The van der Waals surface area contributed by atoms with E-state index < -0.39 is 0 Å². The van der Waals surface area contributed by atoms with Gasteiger partial charge in [0.15, 0.2) is 5.69 Å². The van der Waals surface area contributed by atoms with E-state index in [9.17, 15) is 0 Å². The van der Waals surface area contributed by atoms with Crippen molar-refractivity contribution in [2.75, 3.05) is 19.0 Å². The van der Waals surface area contributed by atoms with Gasteiger partial charge in [0.1, 0.15) is 17.1 Å². The SMILES string of the molecule is CCOc1ncccc1-c1cc(NCc2ccc(OC)cc2)c([NH2+]C(C)C)c(C(C)=N)n1. The highest BCUT2D eigenvalue weighted by atomic mass is 16.5. The lowest BCUT2D eigenvalue weighted by Crippen LogP contribution is -2.83. The molecular weight excluding hydrogens is 402 g/mol. The van der Waals surface area contributed by atoms with Crippen LogP contribution in [0.3, 0.4) is 0 Å². The summed E-state index contributed by atoms with van der Waals surface area (Å²) in [5.41, 5.74) is 5.58. The minimum Gasteiger partial charge on any atom is -0.497 e. The molecule has 168 valence electrons. The van der Waals surface area contributed by atoms with Crippen molar-refractivity contribution in [2.24, 2.45) is 0 Å². The highest BCUT2D eigenvalue weighted by Crippen LogP contribution is 2.32. The van der Waals surface area contributed by atoms with Crippen molar-refractivity contribution in [2.45, 2.75) is 40.3 Å². The minimum absolute atomic E-state index is 0.305. The Kier molecular flexibility index (Phi) is 7.78. The summed E-state index contributed by atoms with van der Waals surface area (Å²) in [6.45, 7) is 9.10. The van der Waals surface area contributed by atoms with Crippen LogP contribution in [0.2, 0.25) is 0 Å². The lowest BCUT2D eigenvalue weighted by molar-refractivity contribution is -0.602. The molecule has 0 spiro atoms. The molecule has 0 bridgehead atoms. The van der Waals surface area contributed by atoms with Gasteiger partial charge >= 0.3 is 0 Å². The molecule has 3 rings (SSSR count). The molecule has 2 heterocycles. The number of nitrogens with two attached hydrogens (primary N) is 1. The van der Waals surface area contributed by atoms with Gasteiger partial charge in [0, 0.05) is 12.7 Å². The zero-order chi connectivity index (χ0) is 23.1. The van der Waals surface area contributed by atoms with Gasteiger partial charge in [-0.2, -0.15) is 0 Å². The molecule has 0 unspecified atom stereocenters. The van der Waals surface area contributed by atoms with Crippen LogP contribution in [0.25, 0.3) is 11.3 Å². The van der Waals surface area contributed by atoms with E-state index in [2.05, 4.69) is 29.5 Å². The zero-order valence-corrected chi connectivity index (χ0v) is 19.4. The van der Waals surface area contributed by atoms with Crippen LogP contribution >= 0.6 is 0 Å². The number of nitrogens with one attached hydrogen (secondary N) is 2. The third-order valence-corrected chi connectivity index (χ3v) is 4.88. The van der Waals surface area contributed by atoms with E-state index in [-0.39, 0.29) is 0 Å². The van der Waals surface area contributed by atoms with Crippen LogP contribution in [0.4, 0.5) is 11.4 Å². The maximum Gasteiger partial charge on any atom is 0.222 e. The maximum atomic E-state index is 8.38. The summed E-state index contributed by atoms with van der Waals surface area (Å²) in [6.07, 6.45) is 1.71. The van der Waals surface area contributed by atoms with E-state index >= 15 is 0 Å². The summed E-state index contributed by atoms with van der Waals surface area (Å²) in [4.78, 5) is 9.22.